The molecule has 1 N–H and O–H groups in total. The SMILES string of the molecule is CCN(CC)c1ccc(CN2CCC(c3cccc(CNS(=O)(=O)c4ccc(OC)cc4)c3)CC2)cc1. The molecule has 0 aliphatic carbocycles. The summed E-state index contributed by atoms with van der Waals surface area (Å²) in [7, 11) is -2.02. The lowest BCUT2D eigenvalue weighted by atomic mass is 9.88. The van der Waals surface area contributed by atoms with Gasteiger partial charge in [0.1, 0.15) is 5.75 Å². The summed E-state index contributed by atoms with van der Waals surface area (Å²) in [4.78, 5) is 5.14. The van der Waals surface area contributed by atoms with Gasteiger partial charge in [-0.1, -0.05) is 36.4 Å². The number of hydrogen-bond donors (Lipinski definition) is 1. The molecule has 0 spiro atoms. The van der Waals surface area contributed by atoms with E-state index < -0.39 is 10.0 Å². The average Bonchev–Trinajstić information content (AvgIpc) is 2.94. The van der Waals surface area contributed by atoms with E-state index in [9.17, 15) is 8.42 Å². The van der Waals surface area contributed by atoms with Crippen molar-refractivity contribution in [3.05, 3.63) is 89.5 Å². The van der Waals surface area contributed by atoms with E-state index in [-0.39, 0.29) is 11.4 Å². The van der Waals surface area contributed by atoms with Gasteiger partial charge in [-0.25, -0.2) is 13.1 Å². The van der Waals surface area contributed by atoms with E-state index >= 15 is 0 Å². The molecule has 0 amide bonds. The lowest BCUT2D eigenvalue weighted by Gasteiger charge is -2.32. The monoisotopic (exact) mass is 521 g/mol. The van der Waals surface area contributed by atoms with Gasteiger partial charge in [-0.3, -0.25) is 4.90 Å². The van der Waals surface area contributed by atoms with Crippen LogP contribution in [-0.2, 0) is 23.1 Å². The minimum absolute atomic E-state index is 0.236. The molecule has 0 atom stereocenters. The van der Waals surface area contributed by atoms with Gasteiger partial charge in [0.2, 0.25) is 10.0 Å². The van der Waals surface area contributed by atoms with Crippen LogP contribution in [0.3, 0.4) is 0 Å². The van der Waals surface area contributed by atoms with Crippen LogP contribution in [0, 0.1) is 0 Å². The Morgan fingerprint density at radius 2 is 1.59 bits per heavy atom. The molecule has 1 saturated heterocycles. The van der Waals surface area contributed by atoms with Crippen LogP contribution in [0.15, 0.2) is 77.7 Å². The molecular formula is C30H39N3O3S. The number of nitrogens with one attached hydrogen (secondary N) is 1. The van der Waals surface area contributed by atoms with E-state index in [0.717, 1.165) is 51.1 Å². The van der Waals surface area contributed by atoms with Gasteiger partial charge in [-0.15, -0.1) is 0 Å². The fraction of sp³-hybridized carbons (Fsp3) is 0.400. The van der Waals surface area contributed by atoms with Crippen molar-refractivity contribution in [2.75, 3.05) is 38.2 Å². The van der Waals surface area contributed by atoms with Crippen LogP contribution in [0.5, 0.6) is 5.75 Å². The summed E-state index contributed by atoms with van der Waals surface area (Å²) in [6.07, 6.45) is 2.22. The third-order valence-corrected chi connectivity index (χ3v) is 8.73. The molecule has 7 heteroatoms. The second kappa shape index (κ2) is 12.6. The number of benzene rings is 3. The molecule has 0 bridgehead atoms. The van der Waals surface area contributed by atoms with E-state index in [2.05, 4.69) is 64.8 Å². The largest absolute Gasteiger partial charge is 0.497 e. The van der Waals surface area contributed by atoms with Crippen molar-refractivity contribution in [1.29, 1.82) is 0 Å². The van der Waals surface area contributed by atoms with Gasteiger partial charge in [0.15, 0.2) is 0 Å². The zero-order valence-corrected chi connectivity index (χ0v) is 23.0. The Balaban J connectivity index is 1.30. The van der Waals surface area contributed by atoms with Gasteiger partial charge in [0.05, 0.1) is 12.0 Å². The van der Waals surface area contributed by atoms with Gasteiger partial charge < -0.3 is 9.64 Å². The summed E-state index contributed by atoms with van der Waals surface area (Å²) in [5.41, 5.74) is 4.92. The smallest absolute Gasteiger partial charge is 0.240 e. The number of hydrogen-bond acceptors (Lipinski definition) is 5. The predicted octanol–water partition coefficient (Wildman–Crippen LogP) is 5.40. The first-order chi connectivity index (χ1) is 17.9. The number of likely N-dealkylation sites (tertiary alicyclic amines) is 1. The van der Waals surface area contributed by atoms with Crippen molar-refractivity contribution < 1.29 is 13.2 Å². The molecule has 37 heavy (non-hydrogen) atoms. The molecule has 198 valence electrons. The average molecular weight is 522 g/mol. The predicted molar refractivity (Wildman–Crippen MR) is 151 cm³/mol. The molecule has 6 nitrogen and oxygen atoms in total. The Bertz CT molecular complexity index is 1230. The van der Waals surface area contributed by atoms with Crippen molar-refractivity contribution in [2.24, 2.45) is 0 Å². The number of anilines is 1. The maximum atomic E-state index is 12.7. The van der Waals surface area contributed by atoms with Crippen molar-refractivity contribution in [3.8, 4) is 5.75 Å². The number of rotatable bonds is 11. The number of piperidine rings is 1. The third-order valence-electron chi connectivity index (χ3n) is 7.32. The molecule has 4 rings (SSSR count). The van der Waals surface area contributed by atoms with Gasteiger partial charge in [0, 0.05) is 31.9 Å². The summed E-state index contributed by atoms with van der Waals surface area (Å²) in [5.74, 6) is 1.13. The highest BCUT2D eigenvalue weighted by atomic mass is 32.2. The van der Waals surface area contributed by atoms with Crippen LogP contribution in [0.4, 0.5) is 5.69 Å². The van der Waals surface area contributed by atoms with Gasteiger partial charge in [-0.2, -0.15) is 0 Å². The van der Waals surface area contributed by atoms with E-state index in [1.54, 1.807) is 31.4 Å². The molecular weight excluding hydrogens is 482 g/mol. The summed E-state index contributed by atoms with van der Waals surface area (Å²) in [5, 5.41) is 0. The van der Waals surface area contributed by atoms with Crippen LogP contribution in [0.1, 0.15) is 49.3 Å². The quantitative estimate of drug-likeness (QED) is 0.366. The first-order valence-electron chi connectivity index (χ1n) is 13.2. The molecule has 0 saturated carbocycles. The second-order valence-electron chi connectivity index (χ2n) is 9.63. The van der Waals surface area contributed by atoms with E-state index in [4.69, 9.17) is 4.74 Å². The van der Waals surface area contributed by atoms with Gasteiger partial charge >= 0.3 is 0 Å². The molecule has 3 aromatic rings. The van der Waals surface area contributed by atoms with Crippen LogP contribution >= 0.6 is 0 Å². The van der Waals surface area contributed by atoms with Gasteiger partial charge in [0.25, 0.3) is 0 Å². The Hall–Kier alpha value is -2.87. The molecule has 1 aliphatic rings. The summed E-state index contributed by atoms with van der Waals surface area (Å²) in [6.45, 7) is 9.82. The topological polar surface area (TPSA) is 61.9 Å². The lowest BCUT2D eigenvalue weighted by Crippen LogP contribution is -2.32. The van der Waals surface area contributed by atoms with Gasteiger partial charge in [-0.05, 0) is 98.8 Å². The third kappa shape index (κ3) is 7.12. The van der Waals surface area contributed by atoms with Crippen molar-refractivity contribution in [1.82, 2.24) is 9.62 Å². The fourth-order valence-electron chi connectivity index (χ4n) is 5.06. The maximum Gasteiger partial charge on any atom is 0.240 e. The van der Waals surface area contributed by atoms with Crippen LogP contribution < -0.4 is 14.4 Å². The van der Waals surface area contributed by atoms with Crippen molar-refractivity contribution in [2.45, 2.75) is 50.6 Å². The first-order valence-corrected chi connectivity index (χ1v) is 14.7. The number of methoxy groups -OCH3 is 1. The minimum atomic E-state index is -3.58. The van der Waals surface area contributed by atoms with Crippen LogP contribution in [0.2, 0.25) is 0 Å². The van der Waals surface area contributed by atoms with Crippen LogP contribution in [0.25, 0.3) is 0 Å². The Morgan fingerprint density at radius 3 is 2.22 bits per heavy atom. The number of nitrogens with zero attached hydrogens (tertiary/aromatic N) is 2. The normalized spacial score (nSPS) is 15.0. The molecule has 0 radical (unpaired) electrons. The first kappa shape index (κ1) is 27.2. The van der Waals surface area contributed by atoms with E-state index in [0.29, 0.717) is 11.7 Å². The highest BCUT2D eigenvalue weighted by Crippen LogP contribution is 2.29. The zero-order chi connectivity index (χ0) is 26.3. The molecule has 3 aromatic carbocycles. The summed E-state index contributed by atoms with van der Waals surface area (Å²) in [6, 6.07) is 23.8. The second-order valence-corrected chi connectivity index (χ2v) is 11.4. The Kier molecular flexibility index (Phi) is 9.24. The summed E-state index contributed by atoms with van der Waals surface area (Å²) < 4.78 is 33.3. The number of ether oxygens (including phenoxy) is 1. The van der Waals surface area contributed by atoms with Crippen molar-refractivity contribution >= 4 is 15.7 Å². The highest BCUT2D eigenvalue weighted by molar-refractivity contribution is 7.89. The lowest BCUT2D eigenvalue weighted by molar-refractivity contribution is 0.204. The molecule has 1 fully saturated rings. The van der Waals surface area contributed by atoms with E-state index in [1.807, 2.05) is 12.1 Å². The van der Waals surface area contributed by atoms with Crippen molar-refractivity contribution in [3.63, 3.8) is 0 Å². The summed E-state index contributed by atoms with van der Waals surface area (Å²) >= 11 is 0. The standard InChI is InChI=1S/C30H39N3O3S/c1-4-33(5-2)28-11-9-24(10-12-28)23-32-19-17-26(18-20-32)27-8-6-7-25(21-27)22-31-37(34,35)30-15-13-29(36-3)14-16-30/h6-16,21,26,31H,4-5,17-20,22-23H2,1-3H3. The maximum absolute atomic E-state index is 12.7. The van der Waals surface area contributed by atoms with E-state index in [1.165, 1.54) is 16.8 Å². The highest BCUT2D eigenvalue weighted by Gasteiger charge is 2.21. The minimum Gasteiger partial charge on any atom is -0.497 e. The molecule has 1 aliphatic heterocycles. The van der Waals surface area contributed by atoms with Crippen LogP contribution in [-0.4, -0.2) is 46.6 Å². The Labute approximate surface area is 222 Å². The molecule has 0 unspecified atom stereocenters. The molecule has 0 aromatic heterocycles. The fourth-order valence-corrected chi connectivity index (χ4v) is 6.07. The number of sulfonamides is 1. The molecule has 1 heterocycles. The zero-order valence-electron chi connectivity index (χ0n) is 22.2. The Morgan fingerprint density at radius 1 is 0.919 bits per heavy atom.